The molecule has 0 aromatic carbocycles. The lowest BCUT2D eigenvalue weighted by atomic mass is 9.88. The van der Waals surface area contributed by atoms with Gasteiger partial charge in [0.1, 0.15) is 0 Å². The fraction of sp³-hybridized carbons (Fsp3) is 0.875. The molecule has 60 valence electrons. The van der Waals surface area contributed by atoms with Gasteiger partial charge >= 0.3 is 0 Å². The van der Waals surface area contributed by atoms with Crippen LogP contribution in [-0.4, -0.2) is 23.2 Å². The van der Waals surface area contributed by atoms with Crippen LogP contribution in [0.4, 0.5) is 0 Å². The first-order valence-corrected chi connectivity index (χ1v) is 4.26. The summed E-state index contributed by atoms with van der Waals surface area (Å²) in [7, 11) is 0. The zero-order valence-electron chi connectivity index (χ0n) is 6.16. The van der Waals surface area contributed by atoms with Crippen LogP contribution in [0, 0.1) is 17.8 Å². The molecule has 1 heterocycles. The molecule has 11 heavy (non-hydrogen) atoms. The number of amides is 1. The second kappa shape index (κ2) is 1.61. The van der Waals surface area contributed by atoms with Crippen molar-refractivity contribution < 1.29 is 9.90 Å². The summed E-state index contributed by atoms with van der Waals surface area (Å²) < 4.78 is 0. The van der Waals surface area contributed by atoms with Crippen LogP contribution in [0.5, 0.6) is 0 Å². The number of hydrogen-bond acceptors (Lipinski definition) is 2. The highest BCUT2D eigenvalue weighted by atomic mass is 16.3. The van der Waals surface area contributed by atoms with E-state index in [1.165, 1.54) is 0 Å². The monoisotopic (exact) mass is 153 g/mol. The van der Waals surface area contributed by atoms with Crippen LogP contribution >= 0.6 is 0 Å². The van der Waals surface area contributed by atoms with Crippen LogP contribution in [0.25, 0.3) is 0 Å². The summed E-state index contributed by atoms with van der Waals surface area (Å²) in [6, 6.07) is 0.103. The molecule has 2 aliphatic carbocycles. The molecule has 3 rings (SSSR count). The van der Waals surface area contributed by atoms with Gasteiger partial charge < -0.3 is 10.4 Å². The summed E-state index contributed by atoms with van der Waals surface area (Å²) in [5, 5.41) is 12.5. The Bertz CT molecular complexity index is 228. The van der Waals surface area contributed by atoms with Crippen molar-refractivity contribution in [1.82, 2.24) is 5.32 Å². The van der Waals surface area contributed by atoms with E-state index in [2.05, 4.69) is 5.32 Å². The Morgan fingerprint density at radius 3 is 2.91 bits per heavy atom. The van der Waals surface area contributed by atoms with Gasteiger partial charge in [0, 0.05) is 5.92 Å². The van der Waals surface area contributed by atoms with Crippen molar-refractivity contribution in [3.8, 4) is 0 Å². The lowest BCUT2D eigenvalue weighted by molar-refractivity contribution is -0.122. The number of nitrogens with one attached hydrogen (secondary N) is 1. The van der Waals surface area contributed by atoms with Gasteiger partial charge in [0.15, 0.2) is 0 Å². The molecule has 5 atom stereocenters. The molecule has 3 aliphatic rings. The standard InChI is InChI=1S/C8H11NO2/c10-7-3-1-4-5(2-3)8(11)9-6(4)7/h3-7,10H,1-2H2,(H,9,11)/t3-,4?,5?,6?,7?/m1/s1. The van der Waals surface area contributed by atoms with Crippen molar-refractivity contribution in [3.05, 3.63) is 0 Å². The van der Waals surface area contributed by atoms with Crippen LogP contribution < -0.4 is 5.32 Å². The fourth-order valence-electron chi connectivity index (χ4n) is 3.10. The number of rotatable bonds is 0. The topological polar surface area (TPSA) is 49.3 Å². The second-order valence-corrected chi connectivity index (χ2v) is 4.03. The molecule has 2 saturated carbocycles. The Kier molecular flexibility index (Phi) is 0.876. The van der Waals surface area contributed by atoms with Crippen molar-refractivity contribution in [3.63, 3.8) is 0 Å². The van der Waals surface area contributed by atoms with E-state index in [9.17, 15) is 9.90 Å². The minimum atomic E-state index is -0.248. The summed E-state index contributed by atoms with van der Waals surface area (Å²) >= 11 is 0. The van der Waals surface area contributed by atoms with E-state index in [0.717, 1.165) is 12.8 Å². The Morgan fingerprint density at radius 1 is 1.45 bits per heavy atom. The van der Waals surface area contributed by atoms with Gasteiger partial charge in [-0.25, -0.2) is 0 Å². The number of hydrogen-bond donors (Lipinski definition) is 2. The van der Waals surface area contributed by atoms with E-state index in [-0.39, 0.29) is 24.0 Å². The molecule has 0 spiro atoms. The summed E-state index contributed by atoms with van der Waals surface area (Å²) in [5.41, 5.74) is 0. The predicted molar refractivity (Wildman–Crippen MR) is 37.6 cm³/mol. The van der Waals surface area contributed by atoms with E-state index in [1.807, 2.05) is 0 Å². The zero-order chi connectivity index (χ0) is 7.59. The molecule has 0 aromatic rings. The van der Waals surface area contributed by atoms with E-state index in [1.54, 1.807) is 0 Å². The normalized spacial score (nSPS) is 58.6. The first kappa shape index (κ1) is 6.00. The minimum absolute atomic E-state index is 0.103. The average Bonchev–Trinajstić information content (AvgIpc) is 2.53. The zero-order valence-corrected chi connectivity index (χ0v) is 6.16. The molecule has 2 bridgehead atoms. The highest BCUT2D eigenvalue weighted by Gasteiger charge is 2.59. The SMILES string of the molecule is O=C1NC2C3C[C@H](CC13)C2O. The molecule has 1 aliphatic heterocycles. The summed E-state index contributed by atoms with van der Waals surface area (Å²) in [6.07, 6.45) is 1.74. The molecule has 0 radical (unpaired) electrons. The number of carbonyl (C=O) groups excluding carboxylic acids is 1. The maximum atomic E-state index is 11.2. The van der Waals surface area contributed by atoms with Gasteiger partial charge in [-0.15, -0.1) is 0 Å². The van der Waals surface area contributed by atoms with Crippen molar-refractivity contribution in [1.29, 1.82) is 0 Å². The van der Waals surface area contributed by atoms with Crippen molar-refractivity contribution in [2.75, 3.05) is 0 Å². The highest BCUT2D eigenvalue weighted by Crippen LogP contribution is 2.51. The van der Waals surface area contributed by atoms with Crippen LogP contribution in [-0.2, 0) is 4.79 Å². The molecular formula is C8H11NO2. The van der Waals surface area contributed by atoms with Gasteiger partial charge in [-0.3, -0.25) is 4.79 Å². The van der Waals surface area contributed by atoms with Gasteiger partial charge in [-0.1, -0.05) is 0 Å². The molecule has 4 unspecified atom stereocenters. The second-order valence-electron chi connectivity index (χ2n) is 4.03. The number of fused-ring (bicyclic) bond motifs is 1. The molecule has 1 saturated heterocycles. The van der Waals surface area contributed by atoms with Crippen molar-refractivity contribution in [2.24, 2.45) is 17.8 Å². The van der Waals surface area contributed by atoms with E-state index < -0.39 is 0 Å². The Labute approximate surface area is 64.8 Å². The molecule has 3 fully saturated rings. The molecule has 0 aromatic heterocycles. The van der Waals surface area contributed by atoms with E-state index in [4.69, 9.17) is 0 Å². The third kappa shape index (κ3) is 0.527. The fourth-order valence-corrected chi connectivity index (χ4v) is 3.10. The van der Waals surface area contributed by atoms with Crippen LogP contribution in [0.2, 0.25) is 0 Å². The third-order valence-corrected chi connectivity index (χ3v) is 3.61. The molecule has 3 nitrogen and oxygen atoms in total. The molecule has 3 heteroatoms. The maximum Gasteiger partial charge on any atom is 0.223 e. The quantitative estimate of drug-likeness (QED) is 0.493. The Morgan fingerprint density at radius 2 is 2.27 bits per heavy atom. The largest absolute Gasteiger partial charge is 0.391 e. The number of aliphatic hydroxyl groups is 1. The van der Waals surface area contributed by atoms with Gasteiger partial charge in [-0.2, -0.15) is 0 Å². The predicted octanol–water partition coefficient (Wildman–Crippen LogP) is -0.498. The maximum absolute atomic E-state index is 11.2. The Balaban J connectivity index is 2.04. The van der Waals surface area contributed by atoms with E-state index in [0.29, 0.717) is 11.8 Å². The van der Waals surface area contributed by atoms with Crippen molar-refractivity contribution in [2.45, 2.75) is 25.0 Å². The summed E-state index contributed by atoms with van der Waals surface area (Å²) in [4.78, 5) is 11.2. The first-order chi connectivity index (χ1) is 5.27. The van der Waals surface area contributed by atoms with Gasteiger partial charge in [0.2, 0.25) is 5.91 Å². The first-order valence-electron chi connectivity index (χ1n) is 4.26. The molecule has 1 amide bonds. The van der Waals surface area contributed by atoms with Crippen LogP contribution in [0.1, 0.15) is 12.8 Å². The lowest BCUT2D eigenvalue weighted by Gasteiger charge is -2.21. The smallest absolute Gasteiger partial charge is 0.223 e. The van der Waals surface area contributed by atoms with Gasteiger partial charge in [0.05, 0.1) is 12.1 Å². The van der Waals surface area contributed by atoms with E-state index >= 15 is 0 Å². The van der Waals surface area contributed by atoms with Crippen LogP contribution in [0.15, 0.2) is 0 Å². The van der Waals surface area contributed by atoms with Crippen molar-refractivity contribution >= 4 is 5.91 Å². The van der Waals surface area contributed by atoms with Gasteiger partial charge in [-0.05, 0) is 24.7 Å². The van der Waals surface area contributed by atoms with Crippen LogP contribution in [0.3, 0.4) is 0 Å². The highest BCUT2D eigenvalue weighted by molar-refractivity contribution is 5.83. The summed E-state index contributed by atoms with van der Waals surface area (Å²) in [5.74, 6) is 1.30. The molecular weight excluding hydrogens is 142 g/mol. The minimum Gasteiger partial charge on any atom is -0.391 e. The number of carbonyl (C=O) groups is 1. The van der Waals surface area contributed by atoms with Gasteiger partial charge in [0.25, 0.3) is 0 Å². The lowest BCUT2D eigenvalue weighted by Crippen LogP contribution is -2.37. The average molecular weight is 153 g/mol. The number of aliphatic hydroxyl groups excluding tert-OH is 1. The summed E-state index contributed by atoms with van der Waals surface area (Å²) in [6.45, 7) is 0. The Hall–Kier alpha value is -0.570. The third-order valence-electron chi connectivity index (χ3n) is 3.61. The molecule has 2 N–H and O–H groups in total.